The summed E-state index contributed by atoms with van der Waals surface area (Å²) in [5.41, 5.74) is 5.85. The molecule has 0 bridgehead atoms. The average Bonchev–Trinajstić information content (AvgIpc) is 3.13. The Balaban J connectivity index is 1.53. The lowest BCUT2D eigenvalue weighted by molar-refractivity contribution is 0.415. The zero-order valence-electron chi connectivity index (χ0n) is 14.8. The number of fused-ring (bicyclic) bond motifs is 1. The van der Waals surface area contributed by atoms with Crippen LogP contribution >= 0.6 is 0 Å². The summed E-state index contributed by atoms with van der Waals surface area (Å²) in [6.45, 7) is 0.649. The summed E-state index contributed by atoms with van der Waals surface area (Å²) < 4.78 is 7.00. The van der Waals surface area contributed by atoms with Crippen molar-refractivity contribution in [1.82, 2.24) is 19.7 Å². The number of hydrogen-bond acceptors (Lipinski definition) is 6. The highest BCUT2D eigenvalue weighted by atomic mass is 16.5. The van der Waals surface area contributed by atoms with Crippen LogP contribution in [0.2, 0.25) is 0 Å². The zero-order chi connectivity index (χ0) is 18.5. The Morgan fingerprint density at radius 2 is 1.89 bits per heavy atom. The largest absolute Gasteiger partial charge is 0.497 e. The molecule has 0 aliphatic heterocycles. The van der Waals surface area contributed by atoms with Gasteiger partial charge in [-0.05, 0) is 35.4 Å². The van der Waals surface area contributed by atoms with E-state index in [1.165, 1.54) is 6.33 Å². The van der Waals surface area contributed by atoms with Crippen LogP contribution in [0.15, 0.2) is 72.2 Å². The first-order valence-electron chi connectivity index (χ1n) is 8.47. The third kappa shape index (κ3) is 3.77. The van der Waals surface area contributed by atoms with Crippen LogP contribution in [-0.2, 0) is 6.54 Å². The number of rotatable bonds is 6. The standard InChI is InChI=1S/C20H18N6O/c1-27-17-9-7-15(8-10-17)11-23-25-19-18-12-24-26(20(18)22-14-21-19)13-16-5-3-2-4-6-16/h2-12,14H,13H2,1H3,(H,21,22,25)/b23-11+. The Morgan fingerprint density at radius 1 is 1.07 bits per heavy atom. The minimum absolute atomic E-state index is 0.615. The van der Waals surface area contributed by atoms with E-state index in [-0.39, 0.29) is 0 Å². The molecule has 1 N–H and O–H groups in total. The monoisotopic (exact) mass is 358 g/mol. The summed E-state index contributed by atoms with van der Waals surface area (Å²) in [7, 11) is 1.64. The molecule has 27 heavy (non-hydrogen) atoms. The molecule has 0 radical (unpaired) electrons. The van der Waals surface area contributed by atoms with Gasteiger partial charge >= 0.3 is 0 Å². The molecule has 0 aliphatic carbocycles. The highest BCUT2D eigenvalue weighted by Gasteiger charge is 2.09. The fourth-order valence-electron chi connectivity index (χ4n) is 2.71. The highest BCUT2D eigenvalue weighted by Crippen LogP contribution is 2.19. The van der Waals surface area contributed by atoms with E-state index in [9.17, 15) is 0 Å². The van der Waals surface area contributed by atoms with E-state index >= 15 is 0 Å². The molecule has 0 amide bonds. The molecule has 0 saturated heterocycles. The van der Waals surface area contributed by atoms with Crippen LogP contribution in [0.25, 0.3) is 11.0 Å². The van der Waals surface area contributed by atoms with Crippen LogP contribution in [0.3, 0.4) is 0 Å². The minimum atomic E-state index is 0.615. The maximum atomic E-state index is 5.15. The maximum absolute atomic E-state index is 5.15. The van der Waals surface area contributed by atoms with Crippen molar-refractivity contribution in [2.24, 2.45) is 5.10 Å². The van der Waals surface area contributed by atoms with Crippen molar-refractivity contribution in [1.29, 1.82) is 0 Å². The number of anilines is 1. The fourth-order valence-corrected chi connectivity index (χ4v) is 2.71. The third-order valence-corrected chi connectivity index (χ3v) is 4.11. The quantitative estimate of drug-likeness (QED) is 0.423. The van der Waals surface area contributed by atoms with Gasteiger partial charge in [0.2, 0.25) is 0 Å². The molecular weight excluding hydrogens is 340 g/mol. The smallest absolute Gasteiger partial charge is 0.163 e. The summed E-state index contributed by atoms with van der Waals surface area (Å²) in [6, 6.07) is 17.8. The number of benzene rings is 2. The molecule has 134 valence electrons. The second-order valence-electron chi connectivity index (χ2n) is 5.89. The van der Waals surface area contributed by atoms with Crippen LogP contribution in [-0.4, -0.2) is 33.1 Å². The van der Waals surface area contributed by atoms with E-state index in [0.29, 0.717) is 12.4 Å². The molecule has 4 rings (SSSR count). The average molecular weight is 358 g/mol. The fraction of sp³-hybridized carbons (Fsp3) is 0.100. The Hall–Kier alpha value is -3.74. The van der Waals surface area contributed by atoms with Crippen molar-refractivity contribution in [3.8, 4) is 5.75 Å². The Morgan fingerprint density at radius 3 is 2.67 bits per heavy atom. The van der Waals surface area contributed by atoms with Gasteiger partial charge in [0.25, 0.3) is 0 Å². The van der Waals surface area contributed by atoms with Gasteiger partial charge in [-0.3, -0.25) is 5.43 Å². The zero-order valence-corrected chi connectivity index (χ0v) is 14.8. The molecule has 2 aromatic carbocycles. The summed E-state index contributed by atoms with van der Waals surface area (Å²) in [5.74, 6) is 1.42. The van der Waals surface area contributed by atoms with Crippen molar-refractivity contribution in [2.45, 2.75) is 6.54 Å². The highest BCUT2D eigenvalue weighted by molar-refractivity contribution is 5.87. The van der Waals surface area contributed by atoms with Crippen molar-refractivity contribution in [2.75, 3.05) is 12.5 Å². The van der Waals surface area contributed by atoms with Crippen LogP contribution in [0.1, 0.15) is 11.1 Å². The van der Waals surface area contributed by atoms with Gasteiger partial charge < -0.3 is 4.74 Å². The predicted molar refractivity (Wildman–Crippen MR) is 105 cm³/mol. The van der Waals surface area contributed by atoms with Crippen LogP contribution < -0.4 is 10.2 Å². The number of hydrogen-bond donors (Lipinski definition) is 1. The second-order valence-corrected chi connectivity index (χ2v) is 5.89. The molecule has 0 unspecified atom stereocenters. The van der Waals surface area contributed by atoms with Gasteiger partial charge in [0.05, 0.1) is 31.5 Å². The predicted octanol–water partition coefficient (Wildman–Crippen LogP) is 3.33. The van der Waals surface area contributed by atoms with Gasteiger partial charge in [-0.25, -0.2) is 14.6 Å². The summed E-state index contributed by atoms with van der Waals surface area (Å²) in [4.78, 5) is 8.64. The molecule has 0 atom stereocenters. The summed E-state index contributed by atoms with van der Waals surface area (Å²) >= 11 is 0. The maximum Gasteiger partial charge on any atom is 0.163 e. The summed E-state index contributed by atoms with van der Waals surface area (Å²) in [6.07, 6.45) is 4.99. The van der Waals surface area contributed by atoms with Gasteiger partial charge in [-0.1, -0.05) is 30.3 Å². The lowest BCUT2D eigenvalue weighted by Crippen LogP contribution is -2.03. The number of hydrazone groups is 1. The Kier molecular flexibility index (Phi) is 4.74. The van der Waals surface area contributed by atoms with Gasteiger partial charge in [-0.2, -0.15) is 10.2 Å². The molecule has 2 heterocycles. The summed E-state index contributed by atoms with van der Waals surface area (Å²) in [5, 5.41) is 9.53. The van der Waals surface area contributed by atoms with Crippen LogP contribution in [0.5, 0.6) is 5.75 Å². The number of ether oxygens (including phenoxy) is 1. The van der Waals surface area contributed by atoms with Crippen molar-refractivity contribution < 1.29 is 4.74 Å². The van der Waals surface area contributed by atoms with Crippen molar-refractivity contribution >= 4 is 23.1 Å². The van der Waals surface area contributed by atoms with Crippen LogP contribution in [0, 0.1) is 0 Å². The molecule has 4 aromatic rings. The topological polar surface area (TPSA) is 77.2 Å². The third-order valence-electron chi connectivity index (χ3n) is 4.11. The van der Waals surface area contributed by atoms with Gasteiger partial charge in [0, 0.05) is 0 Å². The van der Waals surface area contributed by atoms with E-state index in [1.807, 2.05) is 47.1 Å². The lowest BCUT2D eigenvalue weighted by Gasteiger charge is -2.04. The first-order valence-corrected chi connectivity index (χ1v) is 8.47. The minimum Gasteiger partial charge on any atom is -0.497 e. The van der Waals surface area contributed by atoms with Crippen molar-refractivity contribution in [3.63, 3.8) is 0 Å². The number of nitrogens with zero attached hydrogens (tertiary/aromatic N) is 5. The first kappa shape index (κ1) is 16.7. The normalized spacial score (nSPS) is 11.1. The van der Waals surface area contributed by atoms with E-state index in [2.05, 4.69) is 37.7 Å². The Labute approximate surface area is 156 Å². The second kappa shape index (κ2) is 7.65. The van der Waals surface area contributed by atoms with E-state index in [0.717, 1.165) is 27.9 Å². The molecule has 7 nitrogen and oxygen atoms in total. The van der Waals surface area contributed by atoms with Gasteiger partial charge in [0.15, 0.2) is 11.5 Å². The van der Waals surface area contributed by atoms with E-state index in [1.54, 1.807) is 19.5 Å². The first-order chi connectivity index (χ1) is 13.3. The molecule has 2 aromatic heterocycles. The molecule has 0 fully saturated rings. The SMILES string of the molecule is COc1ccc(/C=N/Nc2ncnc3c2cnn3Cc2ccccc2)cc1. The van der Waals surface area contributed by atoms with Crippen LogP contribution in [0.4, 0.5) is 5.82 Å². The number of aromatic nitrogens is 4. The van der Waals surface area contributed by atoms with Gasteiger partial charge in [-0.15, -0.1) is 0 Å². The van der Waals surface area contributed by atoms with Gasteiger partial charge in [0.1, 0.15) is 12.1 Å². The molecule has 0 aliphatic rings. The lowest BCUT2D eigenvalue weighted by atomic mass is 10.2. The molecule has 7 heteroatoms. The number of nitrogens with one attached hydrogen (secondary N) is 1. The van der Waals surface area contributed by atoms with Crippen molar-refractivity contribution in [3.05, 3.63) is 78.2 Å². The molecule has 0 spiro atoms. The van der Waals surface area contributed by atoms with E-state index in [4.69, 9.17) is 4.74 Å². The molecule has 0 saturated carbocycles. The van der Waals surface area contributed by atoms with E-state index < -0.39 is 0 Å². The Bertz CT molecular complexity index is 1060. The molecular formula is C20H18N6O. The number of methoxy groups -OCH3 is 1.